The standard InChI is InChI=1S/C16H19NO3/c1-12-14(6-7-20-12)9-17(2)10-15-8-13(11-18)4-5-16(15)19-3/h4-8,11H,9-10H2,1-3H3. The zero-order valence-electron chi connectivity index (χ0n) is 12.1. The maximum absolute atomic E-state index is 10.9. The lowest BCUT2D eigenvalue weighted by Crippen LogP contribution is -2.18. The number of rotatable bonds is 6. The Balaban J connectivity index is 2.12. The summed E-state index contributed by atoms with van der Waals surface area (Å²) in [5.74, 6) is 1.73. The number of ether oxygens (including phenoxy) is 1. The van der Waals surface area contributed by atoms with E-state index in [1.807, 2.05) is 32.2 Å². The second-order valence-electron chi connectivity index (χ2n) is 4.86. The third-order valence-electron chi connectivity index (χ3n) is 3.29. The van der Waals surface area contributed by atoms with E-state index in [4.69, 9.17) is 9.15 Å². The van der Waals surface area contributed by atoms with E-state index in [1.165, 1.54) is 0 Å². The molecule has 0 N–H and O–H groups in total. The Morgan fingerprint density at radius 2 is 2.00 bits per heavy atom. The molecule has 0 bridgehead atoms. The number of nitrogens with zero attached hydrogens (tertiary/aromatic N) is 1. The molecular formula is C16H19NO3. The first-order valence-corrected chi connectivity index (χ1v) is 6.47. The summed E-state index contributed by atoms with van der Waals surface area (Å²) in [6.07, 6.45) is 2.55. The average Bonchev–Trinajstić information content (AvgIpc) is 2.84. The molecule has 0 saturated carbocycles. The Bertz CT molecular complexity index is 589. The summed E-state index contributed by atoms with van der Waals surface area (Å²) in [6, 6.07) is 7.43. The van der Waals surface area contributed by atoms with E-state index in [2.05, 4.69) is 4.90 Å². The van der Waals surface area contributed by atoms with E-state index >= 15 is 0 Å². The van der Waals surface area contributed by atoms with Gasteiger partial charge in [-0.05, 0) is 38.2 Å². The predicted molar refractivity (Wildman–Crippen MR) is 77.0 cm³/mol. The highest BCUT2D eigenvalue weighted by Gasteiger charge is 2.10. The normalized spacial score (nSPS) is 10.8. The molecule has 2 aromatic rings. The summed E-state index contributed by atoms with van der Waals surface area (Å²) >= 11 is 0. The number of carbonyl (C=O) groups is 1. The molecule has 106 valence electrons. The molecule has 0 unspecified atom stereocenters. The first-order chi connectivity index (χ1) is 9.63. The number of aldehydes is 1. The highest BCUT2D eigenvalue weighted by atomic mass is 16.5. The van der Waals surface area contributed by atoms with Crippen LogP contribution < -0.4 is 4.74 Å². The van der Waals surface area contributed by atoms with Gasteiger partial charge >= 0.3 is 0 Å². The van der Waals surface area contributed by atoms with E-state index < -0.39 is 0 Å². The summed E-state index contributed by atoms with van der Waals surface area (Å²) in [5.41, 5.74) is 2.83. The molecule has 1 aromatic heterocycles. The smallest absolute Gasteiger partial charge is 0.150 e. The highest BCUT2D eigenvalue weighted by molar-refractivity contribution is 5.75. The lowest BCUT2D eigenvalue weighted by Gasteiger charge is -2.18. The van der Waals surface area contributed by atoms with Crippen molar-refractivity contribution in [2.75, 3.05) is 14.2 Å². The Kier molecular flexibility index (Phi) is 4.58. The molecule has 4 heteroatoms. The molecular weight excluding hydrogens is 254 g/mol. The van der Waals surface area contributed by atoms with Crippen LogP contribution in [0.1, 0.15) is 27.2 Å². The van der Waals surface area contributed by atoms with Crippen molar-refractivity contribution >= 4 is 6.29 Å². The fourth-order valence-corrected chi connectivity index (χ4v) is 2.21. The maximum Gasteiger partial charge on any atom is 0.150 e. The monoisotopic (exact) mass is 273 g/mol. The van der Waals surface area contributed by atoms with Gasteiger partial charge in [-0.25, -0.2) is 0 Å². The molecule has 2 rings (SSSR count). The molecule has 0 spiro atoms. The van der Waals surface area contributed by atoms with E-state index in [0.29, 0.717) is 12.1 Å². The third kappa shape index (κ3) is 3.27. The van der Waals surface area contributed by atoms with Crippen LogP contribution in [0.2, 0.25) is 0 Å². The van der Waals surface area contributed by atoms with E-state index in [-0.39, 0.29) is 0 Å². The number of aryl methyl sites for hydroxylation is 1. The van der Waals surface area contributed by atoms with Crippen molar-refractivity contribution in [2.24, 2.45) is 0 Å². The first-order valence-electron chi connectivity index (χ1n) is 6.47. The van der Waals surface area contributed by atoms with Crippen LogP contribution in [0, 0.1) is 6.92 Å². The molecule has 1 heterocycles. The van der Waals surface area contributed by atoms with Crippen LogP contribution in [0.3, 0.4) is 0 Å². The Labute approximate surface area is 119 Å². The van der Waals surface area contributed by atoms with Gasteiger partial charge in [0.05, 0.1) is 13.4 Å². The van der Waals surface area contributed by atoms with Crippen LogP contribution in [0.4, 0.5) is 0 Å². The zero-order valence-corrected chi connectivity index (χ0v) is 12.1. The Morgan fingerprint density at radius 3 is 2.60 bits per heavy atom. The maximum atomic E-state index is 10.9. The topological polar surface area (TPSA) is 42.7 Å². The van der Waals surface area contributed by atoms with Gasteiger partial charge in [0.15, 0.2) is 0 Å². The van der Waals surface area contributed by atoms with Crippen molar-refractivity contribution in [1.29, 1.82) is 0 Å². The summed E-state index contributed by atoms with van der Waals surface area (Å²) < 4.78 is 10.6. The van der Waals surface area contributed by atoms with Crippen LogP contribution in [-0.2, 0) is 13.1 Å². The van der Waals surface area contributed by atoms with Crippen LogP contribution in [0.15, 0.2) is 34.9 Å². The van der Waals surface area contributed by atoms with Crippen LogP contribution in [-0.4, -0.2) is 25.3 Å². The molecule has 1 aromatic carbocycles. The van der Waals surface area contributed by atoms with Crippen LogP contribution in [0.25, 0.3) is 0 Å². The zero-order chi connectivity index (χ0) is 14.5. The highest BCUT2D eigenvalue weighted by Crippen LogP contribution is 2.22. The average molecular weight is 273 g/mol. The molecule has 20 heavy (non-hydrogen) atoms. The van der Waals surface area contributed by atoms with Crippen molar-refractivity contribution in [1.82, 2.24) is 4.90 Å². The van der Waals surface area contributed by atoms with Gasteiger partial charge in [0.1, 0.15) is 17.8 Å². The number of furan rings is 1. The molecule has 0 aliphatic carbocycles. The van der Waals surface area contributed by atoms with Gasteiger partial charge in [-0.15, -0.1) is 0 Å². The fraction of sp³-hybridized carbons (Fsp3) is 0.312. The quantitative estimate of drug-likeness (QED) is 0.759. The Hall–Kier alpha value is -2.07. The minimum atomic E-state index is 0.661. The van der Waals surface area contributed by atoms with Gasteiger partial charge in [0, 0.05) is 29.8 Å². The third-order valence-corrected chi connectivity index (χ3v) is 3.29. The van der Waals surface area contributed by atoms with Crippen LogP contribution in [0.5, 0.6) is 5.75 Å². The van der Waals surface area contributed by atoms with Crippen molar-refractivity contribution < 1.29 is 13.9 Å². The number of hydrogen-bond donors (Lipinski definition) is 0. The van der Waals surface area contributed by atoms with Gasteiger partial charge in [-0.1, -0.05) is 0 Å². The van der Waals surface area contributed by atoms with Crippen molar-refractivity contribution in [3.8, 4) is 5.75 Å². The lowest BCUT2D eigenvalue weighted by atomic mass is 10.1. The summed E-state index contributed by atoms with van der Waals surface area (Å²) in [7, 11) is 3.67. The molecule has 0 atom stereocenters. The molecule has 0 saturated heterocycles. The van der Waals surface area contributed by atoms with Gasteiger partial charge in [0.2, 0.25) is 0 Å². The molecule has 0 fully saturated rings. The van der Waals surface area contributed by atoms with Crippen molar-refractivity contribution in [2.45, 2.75) is 20.0 Å². The molecule has 0 aliphatic heterocycles. The molecule has 0 amide bonds. The minimum Gasteiger partial charge on any atom is -0.496 e. The largest absolute Gasteiger partial charge is 0.496 e. The number of hydrogen-bond acceptors (Lipinski definition) is 4. The van der Waals surface area contributed by atoms with E-state index in [9.17, 15) is 4.79 Å². The number of carbonyl (C=O) groups excluding carboxylic acids is 1. The van der Waals surface area contributed by atoms with Crippen molar-refractivity contribution in [3.05, 3.63) is 53.0 Å². The second kappa shape index (κ2) is 6.39. The van der Waals surface area contributed by atoms with Gasteiger partial charge in [-0.2, -0.15) is 0 Å². The SMILES string of the molecule is COc1ccc(C=O)cc1CN(C)Cc1ccoc1C. The van der Waals surface area contributed by atoms with Gasteiger partial charge in [0.25, 0.3) is 0 Å². The van der Waals surface area contributed by atoms with Gasteiger partial charge < -0.3 is 9.15 Å². The Morgan fingerprint density at radius 1 is 1.25 bits per heavy atom. The van der Waals surface area contributed by atoms with Gasteiger partial charge in [-0.3, -0.25) is 9.69 Å². The fourth-order valence-electron chi connectivity index (χ4n) is 2.21. The lowest BCUT2D eigenvalue weighted by molar-refractivity contribution is 0.112. The second-order valence-corrected chi connectivity index (χ2v) is 4.86. The molecule has 4 nitrogen and oxygen atoms in total. The minimum absolute atomic E-state index is 0.661. The molecule has 0 aliphatic rings. The van der Waals surface area contributed by atoms with Crippen molar-refractivity contribution in [3.63, 3.8) is 0 Å². The summed E-state index contributed by atoms with van der Waals surface area (Å²) in [6.45, 7) is 3.45. The summed E-state index contributed by atoms with van der Waals surface area (Å²) in [5, 5.41) is 0. The van der Waals surface area contributed by atoms with Crippen LogP contribution >= 0.6 is 0 Å². The first kappa shape index (κ1) is 14.3. The summed E-state index contributed by atoms with van der Waals surface area (Å²) in [4.78, 5) is 13.0. The number of benzene rings is 1. The van der Waals surface area contributed by atoms with E-state index in [1.54, 1.807) is 19.4 Å². The predicted octanol–water partition coefficient (Wildman–Crippen LogP) is 3.04. The van der Waals surface area contributed by atoms with E-state index in [0.717, 1.165) is 35.5 Å². The number of methoxy groups -OCH3 is 1. The molecule has 0 radical (unpaired) electrons.